The molecule has 8 nitrogen and oxygen atoms in total. The van der Waals surface area contributed by atoms with Crippen molar-refractivity contribution in [3.8, 4) is 0 Å². The van der Waals surface area contributed by atoms with E-state index in [1.165, 1.54) is 6.92 Å². The predicted molar refractivity (Wildman–Crippen MR) is 63.8 cm³/mol. The van der Waals surface area contributed by atoms with E-state index in [1.54, 1.807) is 0 Å². The lowest BCUT2D eigenvalue weighted by molar-refractivity contribution is -0.385. The monoisotopic (exact) mass is 286 g/mol. The van der Waals surface area contributed by atoms with E-state index < -0.39 is 46.5 Å². The van der Waals surface area contributed by atoms with Crippen molar-refractivity contribution in [3.63, 3.8) is 0 Å². The number of halogens is 1. The Morgan fingerprint density at radius 1 is 1.50 bits per heavy atom. The maximum Gasteiger partial charge on any atom is 0.328 e. The summed E-state index contributed by atoms with van der Waals surface area (Å²) in [7, 11) is 0. The van der Waals surface area contributed by atoms with Gasteiger partial charge in [0.15, 0.2) is 6.04 Å². The van der Waals surface area contributed by atoms with Crippen LogP contribution >= 0.6 is 0 Å². The van der Waals surface area contributed by atoms with Crippen LogP contribution in [0.3, 0.4) is 0 Å². The average Bonchev–Trinajstić information content (AvgIpc) is 2.37. The summed E-state index contributed by atoms with van der Waals surface area (Å²) in [5.41, 5.74) is -1.28. The second-order valence-electron chi connectivity index (χ2n) is 3.93. The Balaban J connectivity index is 3.15. The molecular weight excluding hydrogens is 275 g/mol. The molecule has 0 unspecified atom stereocenters. The zero-order valence-corrected chi connectivity index (χ0v) is 10.3. The second-order valence-corrected chi connectivity index (χ2v) is 3.93. The van der Waals surface area contributed by atoms with Crippen LogP contribution in [0, 0.1) is 22.9 Å². The van der Waals surface area contributed by atoms with E-state index in [-0.39, 0.29) is 5.56 Å². The largest absolute Gasteiger partial charge is 0.480 e. The highest BCUT2D eigenvalue weighted by molar-refractivity contribution is 5.97. The van der Waals surface area contributed by atoms with Crippen LogP contribution in [-0.4, -0.2) is 39.7 Å². The molecule has 0 heterocycles. The molecule has 0 bridgehead atoms. The Kier molecular flexibility index (Phi) is 4.70. The fourth-order valence-electron chi connectivity index (χ4n) is 1.44. The van der Waals surface area contributed by atoms with Gasteiger partial charge in [0, 0.05) is 12.1 Å². The molecular formula is C11H11FN2O6. The van der Waals surface area contributed by atoms with Crippen molar-refractivity contribution in [2.45, 2.75) is 13.0 Å². The van der Waals surface area contributed by atoms with E-state index in [4.69, 9.17) is 10.2 Å². The number of hydrogen-bond acceptors (Lipinski definition) is 5. The van der Waals surface area contributed by atoms with Crippen LogP contribution in [0.2, 0.25) is 0 Å². The third-order valence-electron chi connectivity index (χ3n) is 2.48. The zero-order chi connectivity index (χ0) is 15.4. The minimum Gasteiger partial charge on any atom is -0.480 e. The van der Waals surface area contributed by atoms with Crippen molar-refractivity contribution in [2.75, 3.05) is 6.61 Å². The number of amides is 1. The second kappa shape index (κ2) is 6.06. The highest BCUT2D eigenvalue weighted by atomic mass is 19.1. The topological polar surface area (TPSA) is 130 Å². The Hall–Kier alpha value is -2.55. The lowest BCUT2D eigenvalue weighted by Gasteiger charge is -2.12. The van der Waals surface area contributed by atoms with E-state index >= 15 is 0 Å². The molecule has 0 aliphatic carbocycles. The lowest BCUT2D eigenvalue weighted by Crippen LogP contribution is -2.43. The number of aliphatic hydroxyl groups excluding tert-OH is 1. The average molecular weight is 286 g/mol. The van der Waals surface area contributed by atoms with Crippen LogP contribution in [-0.2, 0) is 4.79 Å². The smallest absolute Gasteiger partial charge is 0.328 e. The maximum absolute atomic E-state index is 13.8. The molecule has 0 saturated carbocycles. The summed E-state index contributed by atoms with van der Waals surface area (Å²) in [6, 6.07) is 0.0299. The molecule has 1 aromatic rings. The molecule has 9 heteroatoms. The Bertz CT molecular complexity index is 574. The molecule has 0 radical (unpaired) electrons. The minimum atomic E-state index is -1.62. The SMILES string of the molecule is Cc1cc([N+](=O)[O-])cc(C(=O)N[C@H](CO)C(=O)O)c1F. The standard InChI is InChI=1S/C11H11FN2O6/c1-5-2-6(14(19)20)3-7(9(5)12)10(16)13-8(4-15)11(17)18/h2-3,8,15H,4H2,1H3,(H,13,16)(H,17,18)/t8-/m1/s1. The fourth-order valence-corrected chi connectivity index (χ4v) is 1.44. The molecule has 108 valence electrons. The number of aryl methyl sites for hydroxylation is 1. The number of nitrogens with zero attached hydrogens (tertiary/aromatic N) is 1. The van der Waals surface area contributed by atoms with E-state index in [0.29, 0.717) is 6.07 Å². The molecule has 0 aliphatic heterocycles. The van der Waals surface area contributed by atoms with E-state index in [0.717, 1.165) is 6.07 Å². The number of aliphatic carboxylic acids is 1. The first-order chi connectivity index (χ1) is 9.27. The fraction of sp³-hybridized carbons (Fsp3) is 0.273. The molecule has 0 aliphatic rings. The van der Waals surface area contributed by atoms with Crippen LogP contribution in [0.25, 0.3) is 0 Å². The van der Waals surface area contributed by atoms with Crippen molar-refractivity contribution in [1.29, 1.82) is 0 Å². The van der Waals surface area contributed by atoms with Gasteiger partial charge in [0.2, 0.25) is 0 Å². The number of nitro groups is 1. The number of carboxylic acid groups (broad SMARTS) is 1. The molecule has 1 amide bonds. The number of carboxylic acids is 1. The van der Waals surface area contributed by atoms with E-state index in [2.05, 4.69) is 0 Å². The van der Waals surface area contributed by atoms with Crippen LogP contribution in [0.1, 0.15) is 15.9 Å². The summed E-state index contributed by atoms with van der Waals surface area (Å²) in [6.07, 6.45) is 0. The van der Waals surface area contributed by atoms with E-state index in [9.17, 15) is 24.1 Å². The van der Waals surface area contributed by atoms with Crippen molar-refractivity contribution < 1.29 is 29.1 Å². The number of nitrogens with one attached hydrogen (secondary N) is 1. The van der Waals surface area contributed by atoms with Crippen LogP contribution in [0.15, 0.2) is 12.1 Å². The molecule has 0 fully saturated rings. The summed E-state index contributed by atoms with van der Waals surface area (Å²) in [6.45, 7) is 0.344. The predicted octanol–water partition coefficient (Wildman–Crippen LogP) is 0.218. The van der Waals surface area contributed by atoms with Gasteiger partial charge in [-0.2, -0.15) is 0 Å². The molecule has 0 aromatic heterocycles. The Morgan fingerprint density at radius 3 is 2.55 bits per heavy atom. The number of carbonyl (C=O) groups excluding carboxylic acids is 1. The quantitative estimate of drug-likeness (QED) is 0.524. The number of hydrogen-bond donors (Lipinski definition) is 3. The number of benzene rings is 1. The number of carbonyl (C=O) groups is 2. The van der Waals surface area contributed by atoms with Gasteiger partial charge in [-0.3, -0.25) is 14.9 Å². The molecule has 1 atom stereocenters. The molecule has 1 aromatic carbocycles. The summed E-state index contributed by atoms with van der Waals surface area (Å²) in [5, 5.41) is 29.9. The summed E-state index contributed by atoms with van der Waals surface area (Å²) < 4.78 is 13.8. The highest BCUT2D eigenvalue weighted by Gasteiger charge is 2.24. The summed E-state index contributed by atoms with van der Waals surface area (Å²) in [5.74, 6) is -3.66. The van der Waals surface area contributed by atoms with Crippen molar-refractivity contribution in [1.82, 2.24) is 5.32 Å². The van der Waals surface area contributed by atoms with Crippen LogP contribution in [0.5, 0.6) is 0 Å². The lowest BCUT2D eigenvalue weighted by atomic mass is 10.1. The van der Waals surface area contributed by atoms with Gasteiger partial charge in [-0.15, -0.1) is 0 Å². The van der Waals surface area contributed by atoms with Gasteiger partial charge in [-0.05, 0) is 12.5 Å². The molecule has 20 heavy (non-hydrogen) atoms. The first kappa shape index (κ1) is 15.5. The van der Waals surface area contributed by atoms with Gasteiger partial charge in [0.05, 0.1) is 17.1 Å². The third-order valence-corrected chi connectivity index (χ3v) is 2.48. The number of rotatable bonds is 5. The molecule has 1 rings (SSSR count). The van der Waals surface area contributed by atoms with Gasteiger partial charge in [0.1, 0.15) is 5.82 Å². The van der Waals surface area contributed by atoms with Crippen LogP contribution in [0.4, 0.5) is 10.1 Å². The number of nitro benzene ring substituents is 1. The first-order valence-electron chi connectivity index (χ1n) is 5.37. The van der Waals surface area contributed by atoms with Gasteiger partial charge in [0.25, 0.3) is 11.6 Å². The van der Waals surface area contributed by atoms with Gasteiger partial charge < -0.3 is 15.5 Å². The molecule has 0 spiro atoms. The molecule has 0 saturated heterocycles. The summed E-state index contributed by atoms with van der Waals surface area (Å²) >= 11 is 0. The minimum absolute atomic E-state index is 0.125. The van der Waals surface area contributed by atoms with Gasteiger partial charge in [-0.1, -0.05) is 0 Å². The normalized spacial score (nSPS) is 11.8. The van der Waals surface area contributed by atoms with Crippen molar-refractivity contribution >= 4 is 17.6 Å². The van der Waals surface area contributed by atoms with Crippen LogP contribution < -0.4 is 5.32 Å². The van der Waals surface area contributed by atoms with Crippen molar-refractivity contribution in [3.05, 3.63) is 39.2 Å². The Morgan fingerprint density at radius 2 is 2.10 bits per heavy atom. The highest BCUT2D eigenvalue weighted by Crippen LogP contribution is 2.21. The molecule has 3 N–H and O–H groups in total. The number of non-ortho nitro benzene ring substituents is 1. The maximum atomic E-state index is 13.8. The number of aliphatic hydroxyl groups is 1. The van der Waals surface area contributed by atoms with Gasteiger partial charge in [-0.25, -0.2) is 9.18 Å². The Labute approximate surface area is 112 Å². The summed E-state index contributed by atoms with van der Waals surface area (Å²) in [4.78, 5) is 32.2. The third kappa shape index (κ3) is 3.26. The first-order valence-corrected chi connectivity index (χ1v) is 5.37. The van der Waals surface area contributed by atoms with Crippen molar-refractivity contribution in [2.24, 2.45) is 0 Å². The van der Waals surface area contributed by atoms with Gasteiger partial charge >= 0.3 is 5.97 Å². The van der Waals surface area contributed by atoms with E-state index in [1.807, 2.05) is 5.32 Å². The zero-order valence-electron chi connectivity index (χ0n) is 10.3.